The third kappa shape index (κ3) is 4.37. The van der Waals surface area contributed by atoms with Crippen molar-refractivity contribution in [2.75, 3.05) is 42.9 Å². The average Bonchev–Trinajstić information content (AvgIpc) is 3.24. The van der Waals surface area contributed by atoms with Gasteiger partial charge in [-0.1, -0.05) is 24.3 Å². The fourth-order valence-electron chi connectivity index (χ4n) is 3.85. The second-order valence-electron chi connectivity index (χ2n) is 7.76. The van der Waals surface area contributed by atoms with E-state index in [1.54, 1.807) is 40.9 Å². The van der Waals surface area contributed by atoms with Gasteiger partial charge in [0.05, 0.1) is 17.8 Å². The van der Waals surface area contributed by atoms with Crippen molar-refractivity contribution >= 4 is 23.1 Å². The lowest BCUT2D eigenvalue weighted by atomic mass is 10.2. The van der Waals surface area contributed by atoms with Gasteiger partial charge in [0.1, 0.15) is 17.5 Å². The molecule has 0 radical (unpaired) electrons. The summed E-state index contributed by atoms with van der Waals surface area (Å²) in [4.78, 5) is 16.4. The van der Waals surface area contributed by atoms with Crippen molar-refractivity contribution in [3.05, 3.63) is 72.3 Å². The lowest BCUT2D eigenvalue weighted by Crippen LogP contribution is -2.49. The van der Waals surface area contributed by atoms with Crippen LogP contribution in [0.1, 0.15) is 0 Å². The van der Waals surface area contributed by atoms with Gasteiger partial charge in [-0.2, -0.15) is 4.52 Å². The van der Waals surface area contributed by atoms with Gasteiger partial charge in [0, 0.05) is 26.2 Å². The maximum Gasteiger partial charge on any atom is 0.238 e. The molecule has 1 fully saturated rings. The van der Waals surface area contributed by atoms with Crippen molar-refractivity contribution in [3.8, 4) is 11.4 Å². The Bertz CT molecular complexity index is 1300. The summed E-state index contributed by atoms with van der Waals surface area (Å²) in [5.41, 5.74) is 1.04. The van der Waals surface area contributed by atoms with Gasteiger partial charge >= 0.3 is 0 Å². The highest BCUT2D eigenvalue weighted by atomic mass is 19.1. The Morgan fingerprint density at radius 1 is 0.879 bits per heavy atom. The number of piperazine rings is 1. The first kappa shape index (κ1) is 21.0. The number of carbonyl (C=O) groups is 1. The molecule has 168 valence electrons. The van der Waals surface area contributed by atoms with E-state index >= 15 is 0 Å². The molecule has 1 aliphatic rings. The first-order valence-electron chi connectivity index (χ1n) is 10.6. The van der Waals surface area contributed by atoms with Gasteiger partial charge in [0.2, 0.25) is 5.91 Å². The zero-order valence-corrected chi connectivity index (χ0v) is 17.7. The molecule has 10 heteroatoms. The Kier molecular flexibility index (Phi) is 5.66. The van der Waals surface area contributed by atoms with Crippen LogP contribution in [0, 0.1) is 11.6 Å². The Hall–Kier alpha value is -3.92. The summed E-state index contributed by atoms with van der Waals surface area (Å²) in [6.45, 7) is 2.78. The van der Waals surface area contributed by atoms with Crippen molar-refractivity contribution in [3.63, 3.8) is 0 Å². The molecule has 5 rings (SSSR count). The molecule has 4 aromatic rings. The fraction of sp³-hybridized carbons (Fsp3) is 0.217. The highest BCUT2D eigenvalue weighted by Crippen LogP contribution is 2.22. The Labute approximate surface area is 188 Å². The van der Waals surface area contributed by atoms with Crippen LogP contribution in [0.4, 0.5) is 20.3 Å². The number of fused-ring (bicyclic) bond motifs is 1. The summed E-state index contributed by atoms with van der Waals surface area (Å²) in [5, 5.41) is 15.5. The Balaban J connectivity index is 1.25. The van der Waals surface area contributed by atoms with E-state index in [0.717, 1.165) is 5.82 Å². The average molecular weight is 449 g/mol. The van der Waals surface area contributed by atoms with Crippen LogP contribution in [-0.2, 0) is 4.79 Å². The second-order valence-corrected chi connectivity index (χ2v) is 7.76. The SMILES string of the molecule is O=C(CN1CCN(c2ccc3nnc(-c4ccccc4F)n3n2)CC1)Nc1ccccc1F. The van der Waals surface area contributed by atoms with E-state index in [9.17, 15) is 13.6 Å². The van der Waals surface area contributed by atoms with E-state index in [-0.39, 0.29) is 24.0 Å². The van der Waals surface area contributed by atoms with Gasteiger partial charge in [-0.25, -0.2) is 8.78 Å². The van der Waals surface area contributed by atoms with E-state index in [0.29, 0.717) is 43.2 Å². The molecule has 1 aliphatic heterocycles. The monoisotopic (exact) mass is 449 g/mol. The standard InChI is InChI=1S/C23H21F2N7O/c24-17-6-2-1-5-16(17)23-28-27-20-9-10-21(29-32(20)23)31-13-11-30(12-14-31)15-22(33)26-19-8-4-3-7-18(19)25/h1-10H,11-15H2,(H,26,33). The molecule has 2 aromatic carbocycles. The second kappa shape index (κ2) is 8.91. The predicted molar refractivity (Wildman–Crippen MR) is 120 cm³/mol. The Morgan fingerprint density at radius 3 is 2.36 bits per heavy atom. The fourth-order valence-corrected chi connectivity index (χ4v) is 3.85. The van der Waals surface area contributed by atoms with E-state index in [2.05, 4.69) is 25.5 Å². The number of hydrogen-bond donors (Lipinski definition) is 1. The van der Waals surface area contributed by atoms with Gasteiger partial charge in [-0.05, 0) is 36.4 Å². The molecule has 1 saturated heterocycles. The summed E-state index contributed by atoms with van der Waals surface area (Å²) in [6, 6.07) is 16.1. The van der Waals surface area contributed by atoms with Crippen molar-refractivity contribution in [2.24, 2.45) is 0 Å². The zero-order chi connectivity index (χ0) is 22.8. The van der Waals surface area contributed by atoms with Crippen molar-refractivity contribution in [1.82, 2.24) is 24.7 Å². The molecule has 0 unspecified atom stereocenters. The number of aromatic nitrogens is 4. The number of nitrogens with one attached hydrogen (secondary N) is 1. The predicted octanol–water partition coefficient (Wildman–Crippen LogP) is 2.83. The number of hydrogen-bond acceptors (Lipinski definition) is 6. The first-order valence-corrected chi connectivity index (χ1v) is 10.6. The van der Waals surface area contributed by atoms with Crippen LogP contribution in [-0.4, -0.2) is 63.3 Å². The number of halogens is 2. The number of nitrogens with zero attached hydrogens (tertiary/aromatic N) is 6. The van der Waals surface area contributed by atoms with E-state index in [4.69, 9.17) is 0 Å². The first-order chi connectivity index (χ1) is 16.1. The topological polar surface area (TPSA) is 78.7 Å². The molecular formula is C23H21F2N7O. The molecule has 8 nitrogen and oxygen atoms in total. The van der Waals surface area contributed by atoms with Gasteiger partial charge in [-0.15, -0.1) is 15.3 Å². The molecule has 0 atom stereocenters. The Morgan fingerprint density at radius 2 is 1.61 bits per heavy atom. The van der Waals surface area contributed by atoms with E-state index in [1.807, 2.05) is 11.0 Å². The van der Waals surface area contributed by atoms with Crippen LogP contribution in [0.15, 0.2) is 60.7 Å². The molecule has 0 bridgehead atoms. The van der Waals surface area contributed by atoms with Crippen LogP contribution in [0.2, 0.25) is 0 Å². The number of benzene rings is 2. The molecule has 2 aromatic heterocycles. The third-order valence-electron chi connectivity index (χ3n) is 5.57. The molecular weight excluding hydrogens is 428 g/mol. The van der Waals surface area contributed by atoms with E-state index < -0.39 is 5.82 Å². The molecule has 3 heterocycles. The summed E-state index contributed by atoms with van der Waals surface area (Å²) in [7, 11) is 0. The van der Waals surface area contributed by atoms with Crippen LogP contribution < -0.4 is 10.2 Å². The highest BCUT2D eigenvalue weighted by molar-refractivity contribution is 5.92. The number of rotatable bonds is 5. The van der Waals surface area contributed by atoms with Gasteiger partial charge in [0.25, 0.3) is 0 Å². The molecule has 0 spiro atoms. The van der Waals surface area contributed by atoms with Gasteiger partial charge in [-0.3, -0.25) is 9.69 Å². The van der Waals surface area contributed by atoms with Crippen LogP contribution in [0.25, 0.3) is 17.0 Å². The number of amides is 1. The largest absolute Gasteiger partial charge is 0.353 e. The van der Waals surface area contributed by atoms with Crippen LogP contribution in [0.5, 0.6) is 0 Å². The van der Waals surface area contributed by atoms with Crippen molar-refractivity contribution in [1.29, 1.82) is 0 Å². The maximum absolute atomic E-state index is 14.3. The van der Waals surface area contributed by atoms with Crippen molar-refractivity contribution in [2.45, 2.75) is 0 Å². The number of anilines is 2. The molecule has 0 aliphatic carbocycles. The maximum atomic E-state index is 14.3. The normalized spacial score (nSPS) is 14.5. The third-order valence-corrected chi connectivity index (χ3v) is 5.57. The quantitative estimate of drug-likeness (QED) is 0.505. The van der Waals surface area contributed by atoms with Crippen molar-refractivity contribution < 1.29 is 13.6 Å². The van der Waals surface area contributed by atoms with Crippen LogP contribution >= 0.6 is 0 Å². The minimum absolute atomic E-state index is 0.178. The lowest BCUT2D eigenvalue weighted by molar-refractivity contribution is -0.117. The van der Waals surface area contributed by atoms with E-state index in [1.165, 1.54) is 18.2 Å². The molecule has 33 heavy (non-hydrogen) atoms. The number of para-hydroxylation sites is 1. The summed E-state index contributed by atoms with van der Waals surface area (Å²) < 4.78 is 29.5. The molecule has 1 amide bonds. The molecule has 0 saturated carbocycles. The zero-order valence-electron chi connectivity index (χ0n) is 17.7. The summed E-state index contributed by atoms with van der Waals surface area (Å²) >= 11 is 0. The highest BCUT2D eigenvalue weighted by Gasteiger charge is 2.22. The molecule has 1 N–H and O–H groups in total. The number of carbonyl (C=O) groups excluding carboxylic acids is 1. The van der Waals surface area contributed by atoms with Gasteiger partial charge < -0.3 is 10.2 Å². The van der Waals surface area contributed by atoms with Gasteiger partial charge in [0.15, 0.2) is 11.5 Å². The smallest absolute Gasteiger partial charge is 0.238 e. The lowest BCUT2D eigenvalue weighted by Gasteiger charge is -2.34. The van der Waals surface area contributed by atoms with Crippen LogP contribution in [0.3, 0.4) is 0 Å². The summed E-state index contributed by atoms with van der Waals surface area (Å²) in [5.74, 6) is -0.0435. The summed E-state index contributed by atoms with van der Waals surface area (Å²) in [6.07, 6.45) is 0. The minimum Gasteiger partial charge on any atom is -0.353 e. The minimum atomic E-state index is -0.458.